The first-order valence-corrected chi connectivity index (χ1v) is 5.06. The fraction of sp³-hybridized carbons (Fsp3) is 0.545. The summed E-state index contributed by atoms with van der Waals surface area (Å²) in [6.07, 6.45) is 3.24. The minimum absolute atomic E-state index is 0.583. The van der Waals surface area contributed by atoms with Gasteiger partial charge in [0.15, 0.2) is 6.29 Å². The van der Waals surface area contributed by atoms with Crippen LogP contribution in [-0.4, -0.2) is 16.1 Å². The van der Waals surface area contributed by atoms with E-state index in [1.165, 1.54) is 0 Å². The van der Waals surface area contributed by atoms with Crippen molar-refractivity contribution in [1.82, 2.24) is 9.78 Å². The number of aromatic nitrogens is 2. The number of hydrogen-bond acceptors (Lipinski definition) is 3. The van der Waals surface area contributed by atoms with Gasteiger partial charge in [-0.05, 0) is 26.7 Å². The molecule has 0 amide bonds. The third kappa shape index (κ3) is 2.66. The lowest BCUT2D eigenvalue weighted by molar-refractivity contribution is 0.112. The zero-order chi connectivity index (χ0) is 11.3. The molecule has 1 aromatic rings. The lowest BCUT2D eigenvalue weighted by atomic mass is 10.2. The number of nitrogens with zero attached hydrogens (tertiary/aromatic N) is 3. The second-order valence-corrected chi connectivity index (χ2v) is 3.54. The summed E-state index contributed by atoms with van der Waals surface area (Å²) in [5.41, 5.74) is 2.39. The molecule has 0 aromatic carbocycles. The number of nitriles is 1. The van der Waals surface area contributed by atoms with Crippen LogP contribution < -0.4 is 0 Å². The van der Waals surface area contributed by atoms with Crippen molar-refractivity contribution in [2.45, 2.75) is 39.7 Å². The number of hydrogen-bond donors (Lipinski definition) is 0. The highest BCUT2D eigenvalue weighted by molar-refractivity contribution is 5.77. The molecule has 1 heterocycles. The van der Waals surface area contributed by atoms with E-state index in [9.17, 15) is 4.79 Å². The fourth-order valence-electron chi connectivity index (χ4n) is 1.56. The monoisotopic (exact) mass is 205 g/mol. The number of rotatable bonds is 5. The molecule has 80 valence electrons. The number of carbonyl (C=O) groups excluding carboxylic acids is 1. The van der Waals surface area contributed by atoms with Gasteiger partial charge in [0.05, 0.1) is 17.3 Å². The molecular weight excluding hydrogens is 190 g/mol. The Morgan fingerprint density at radius 3 is 2.73 bits per heavy atom. The van der Waals surface area contributed by atoms with E-state index in [-0.39, 0.29) is 0 Å². The van der Waals surface area contributed by atoms with E-state index in [0.29, 0.717) is 12.0 Å². The average molecular weight is 205 g/mol. The zero-order valence-corrected chi connectivity index (χ0v) is 9.16. The lowest BCUT2D eigenvalue weighted by Crippen LogP contribution is -2.02. The third-order valence-electron chi connectivity index (χ3n) is 2.46. The molecule has 4 heteroatoms. The summed E-state index contributed by atoms with van der Waals surface area (Å²) in [5, 5.41) is 12.7. The standard InChI is InChI=1S/C11H15N3O/c1-9-11(8-15)10(2)14(13-9)7-5-3-4-6-12/h8H,3-5,7H2,1-2H3. The van der Waals surface area contributed by atoms with Crippen LogP contribution in [0.3, 0.4) is 0 Å². The molecule has 15 heavy (non-hydrogen) atoms. The van der Waals surface area contributed by atoms with E-state index in [1.54, 1.807) is 0 Å². The van der Waals surface area contributed by atoms with Gasteiger partial charge in [0.25, 0.3) is 0 Å². The molecule has 0 radical (unpaired) electrons. The molecule has 0 fully saturated rings. The van der Waals surface area contributed by atoms with E-state index in [1.807, 2.05) is 18.5 Å². The Morgan fingerprint density at radius 1 is 1.47 bits per heavy atom. The van der Waals surface area contributed by atoms with Gasteiger partial charge >= 0.3 is 0 Å². The van der Waals surface area contributed by atoms with E-state index >= 15 is 0 Å². The summed E-state index contributed by atoms with van der Waals surface area (Å²) >= 11 is 0. The Kier molecular flexibility index (Phi) is 4.04. The highest BCUT2D eigenvalue weighted by Gasteiger charge is 2.09. The van der Waals surface area contributed by atoms with Gasteiger partial charge in [0.1, 0.15) is 0 Å². The predicted octanol–water partition coefficient (Wildman–Crippen LogP) is 2.01. The van der Waals surface area contributed by atoms with Crippen LogP contribution in [0, 0.1) is 25.2 Å². The van der Waals surface area contributed by atoms with Gasteiger partial charge in [-0.2, -0.15) is 10.4 Å². The zero-order valence-electron chi connectivity index (χ0n) is 9.16. The summed E-state index contributed by atoms with van der Waals surface area (Å²) in [7, 11) is 0. The van der Waals surface area contributed by atoms with Crippen LogP contribution >= 0.6 is 0 Å². The summed E-state index contributed by atoms with van der Waals surface area (Å²) in [5.74, 6) is 0. The second-order valence-electron chi connectivity index (χ2n) is 3.54. The molecular formula is C11H15N3O. The molecule has 0 spiro atoms. The predicted molar refractivity (Wildman–Crippen MR) is 56.6 cm³/mol. The molecule has 1 aromatic heterocycles. The van der Waals surface area contributed by atoms with Crippen LogP contribution in [0.1, 0.15) is 41.0 Å². The summed E-state index contributed by atoms with van der Waals surface area (Å²) in [6.45, 7) is 4.51. The molecule has 0 saturated heterocycles. The van der Waals surface area contributed by atoms with Crippen molar-refractivity contribution in [2.75, 3.05) is 0 Å². The molecule has 0 aliphatic rings. The van der Waals surface area contributed by atoms with E-state index < -0.39 is 0 Å². The first-order valence-electron chi connectivity index (χ1n) is 5.06. The number of unbranched alkanes of at least 4 members (excludes halogenated alkanes) is 2. The highest BCUT2D eigenvalue weighted by atomic mass is 16.1. The van der Waals surface area contributed by atoms with Crippen molar-refractivity contribution in [2.24, 2.45) is 0 Å². The van der Waals surface area contributed by atoms with Gasteiger partial charge in [-0.15, -0.1) is 0 Å². The Bertz CT molecular complexity index is 387. The van der Waals surface area contributed by atoms with E-state index in [2.05, 4.69) is 11.2 Å². The maximum atomic E-state index is 10.7. The summed E-state index contributed by atoms with van der Waals surface area (Å²) < 4.78 is 1.84. The van der Waals surface area contributed by atoms with Gasteiger partial charge < -0.3 is 0 Å². The SMILES string of the molecule is Cc1nn(CCCCC#N)c(C)c1C=O. The normalized spacial score (nSPS) is 9.93. The van der Waals surface area contributed by atoms with Gasteiger partial charge in [-0.1, -0.05) is 0 Å². The Balaban J connectivity index is 2.62. The first kappa shape index (κ1) is 11.4. The van der Waals surface area contributed by atoms with Crippen molar-refractivity contribution in [1.29, 1.82) is 5.26 Å². The molecule has 0 N–H and O–H groups in total. The van der Waals surface area contributed by atoms with E-state index in [4.69, 9.17) is 5.26 Å². The molecule has 0 unspecified atom stereocenters. The molecule has 0 aliphatic heterocycles. The smallest absolute Gasteiger partial charge is 0.153 e. The first-order chi connectivity index (χ1) is 7.20. The Hall–Kier alpha value is -1.63. The molecule has 0 bridgehead atoms. The second kappa shape index (κ2) is 5.30. The van der Waals surface area contributed by atoms with Crippen LogP contribution in [0.25, 0.3) is 0 Å². The minimum atomic E-state index is 0.583. The maximum Gasteiger partial charge on any atom is 0.153 e. The van der Waals surface area contributed by atoms with Crippen LogP contribution in [0.4, 0.5) is 0 Å². The van der Waals surface area contributed by atoms with Gasteiger partial charge in [-0.3, -0.25) is 9.48 Å². The average Bonchev–Trinajstić information content (AvgIpc) is 2.49. The molecule has 0 aliphatic carbocycles. The lowest BCUT2D eigenvalue weighted by Gasteiger charge is -2.02. The number of aryl methyl sites for hydroxylation is 2. The number of aldehydes is 1. The maximum absolute atomic E-state index is 10.7. The van der Waals surface area contributed by atoms with Crippen molar-refractivity contribution >= 4 is 6.29 Å². The van der Waals surface area contributed by atoms with Crippen molar-refractivity contribution in [3.8, 4) is 6.07 Å². The molecule has 0 saturated carbocycles. The van der Waals surface area contributed by atoms with Gasteiger partial charge in [-0.25, -0.2) is 0 Å². The van der Waals surface area contributed by atoms with E-state index in [0.717, 1.165) is 37.1 Å². The minimum Gasteiger partial charge on any atom is -0.298 e. The van der Waals surface area contributed by atoms with Crippen LogP contribution in [0.2, 0.25) is 0 Å². The largest absolute Gasteiger partial charge is 0.298 e. The fourth-order valence-corrected chi connectivity index (χ4v) is 1.56. The quantitative estimate of drug-likeness (QED) is 0.545. The molecule has 0 atom stereocenters. The highest BCUT2D eigenvalue weighted by Crippen LogP contribution is 2.11. The summed E-state index contributed by atoms with van der Waals surface area (Å²) in [4.78, 5) is 10.7. The van der Waals surface area contributed by atoms with Crippen LogP contribution in [-0.2, 0) is 6.54 Å². The van der Waals surface area contributed by atoms with Gasteiger partial charge in [0.2, 0.25) is 0 Å². The van der Waals surface area contributed by atoms with Crippen molar-refractivity contribution in [3.63, 3.8) is 0 Å². The van der Waals surface area contributed by atoms with Crippen molar-refractivity contribution < 1.29 is 4.79 Å². The molecule has 1 rings (SSSR count). The van der Waals surface area contributed by atoms with Crippen LogP contribution in [0.15, 0.2) is 0 Å². The Morgan fingerprint density at radius 2 is 2.20 bits per heavy atom. The van der Waals surface area contributed by atoms with Gasteiger partial charge in [0, 0.05) is 18.7 Å². The Labute approximate surface area is 89.5 Å². The number of carbonyl (C=O) groups is 1. The van der Waals surface area contributed by atoms with Crippen LogP contribution in [0.5, 0.6) is 0 Å². The molecule has 4 nitrogen and oxygen atoms in total. The topological polar surface area (TPSA) is 58.7 Å². The third-order valence-corrected chi connectivity index (χ3v) is 2.46. The van der Waals surface area contributed by atoms with Crippen molar-refractivity contribution in [3.05, 3.63) is 17.0 Å². The summed E-state index contributed by atoms with van der Waals surface area (Å²) in [6, 6.07) is 2.11.